The van der Waals surface area contributed by atoms with Gasteiger partial charge in [0.2, 0.25) is 0 Å². The topological polar surface area (TPSA) is 17.1 Å². The molecule has 0 N–H and O–H groups in total. The molecular weight excluding hydrogens is 76.1 g/mol. The van der Waals surface area contributed by atoms with E-state index in [1.807, 2.05) is 0 Å². The van der Waals surface area contributed by atoms with Gasteiger partial charge in [0, 0.05) is 0 Å². The number of rotatable bonds is 0. The van der Waals surface area contributed by atoms with Crippen LogP contribution in [-0.4, -0.2) is 5.78 Å². The molecule has 0 bridgehead atoms. The van der Waals surface area contributed by atoms with E-state index in [0.29, 0.717) is 0 Å². The molecule has 0 aromatic heterocycles. The molecule has 0 amide bonds. The second-order valence-corrected chi connectivity index (χ2v) is 0.829. The Hall–Kier alpha value is -1.21. The predicted octanol–water partition coefficient (Wildman–Crippen LogP) is -0.424. The lowest BCUT2D eigenvalue weighted by Gasteiger charge is -1.54. The average molecular weight is 76.1 g/mol. The van der Waals surface area contributed by atoms with Crippen molar-refractivity contribution in [2.75, 3.05) is 0 Å². The van der Waals surface area contributed by atoms with Crippen molar-refractivity contribution >= 4 is 5.78 Å². The van der Waals surface area contributed by atoms with E-state index < -0.39 is 0 Å². The van der Waals surface area contributed by atoms with E-state index in [1.54, 1.807) is 0 Å². The van der Waals surface area contributed by atoms with Crippen LogP contribution in [-0.2, 0) is 4.79 Å². The standard InChI is InChI=1S/C5O/c6-5-3-1-2-4-5. The molecule has 1 nitrogen and oxygen atoms in total. The number of carbonyl (C=O) groups is 1. The lowest BCUT2D eigenvalue weighted by Crippen LogP contribution is -1.78. The summed E-state index contributed by atoms with van der Waals surface area (Å²) in [6, 6.07) is 0. The number of hydrogen-bond donors (Lipinski definition) is 0. The maximum Gasteiger partial charge on any atom is 0.281 e. The molecule has 0 saturated heterocycles. The highest BCUT2D eigenvalue weighted by Crippen LogP contribution is 1.68. The zero-order chi connectivity index (χ0) is 4.41. The Kier molecular flexibility index (Phi) is 0.440. The number of ketones is 1. The van der Waals surface area contributed by atoms with Crippen molar-refractivity contribution in [3.05, 3.63) is 0 Å². The molecule has 6 heavy (non-hydrogen) atoms. The molecule has 0 saturated carbocycles. The van der Waals surface area contributed by atoms with Gasteiger partial charge in [-0.15, -0.1) is 0 Å². The van der Waals surface area contributed by atoms with Crippen LogP contribution in [0.1, 0.15) is 0 Å². The molecular formula is C5O. The maximum atomic E-state index is 9.90. The third-order valence-electron chi connectivity index (χ3n) is 0.415. The fraction of sp³-hybridized carbons (Fsp3) is 0. The Labute approximate surface area is 35.4 Å². The lowest BCUT2D eigenvalue weighted by atomic mass is 10.5. The largest absolute Gasteiger partial charge is 0.281 e. The quantitative estimate of drug-likeness (QED) is 0.283. The lowest BCUT2D eigenvalue weighted by molar-refractivity contribution is -0.108. The molecule has 0 spiro atoms. The van der Waals surface area contributed by atoms with Gasteiger partial charge in [0.05, 0.1) is 0 Å². The van der Waals surface area contributed by atoms with Crippen molar-refractivity contribution in [3.63, 3.8) is 0 Å². The van der Waals surface area contributed by atoms with Gasteiger partial charge < -0.3 is 0 Å². The number of Topliss-reactive ketones (excluding diaryl/α,β-unsaturated/α-hetero) is 1. The van der Waals surface area contributed by atoms with E-state index in [4.69, 9.17) is 0 Å². The molecule has 0 unspecified atom stereocenters. The molecule has 1 heteroatoms. The highest BCUT2D eigenvalue weighted by molar-refractivity contribution is 6.11. The van der Waals surface area contributed by atoms with Gasteiger partial charge in [-0.05, 0) is 23.7 Å². The summed E-state index contributed by atoms with van der Waals surface area (Å²) >= 11 is 0. The van der Waals surface area contributed by atoms with Gasteiger partial charge in [-0.25, -0.2) is 0 Å². The first-order valence-electron chi connectivity index (χ1n) is 1.45. The minimum absolute atomic E-state index is 0.269. The van der Waals surface area contributed by atoms with Gasteiger partial charge in [-0.2, -0.15) is 0 Å². The molecule has 0 aromatic carbocycles. The van der Waals surface area contributed by atoms with Gasteiger partial charge >= 0.3 is 0 Å². The van der Waals surface area contributed by atoms with Crippen molar-refractivity contribution in [3.8, 4) is 23.7 Å². The summed E-state index contributed by atoms with van der Waals surface area (Å²) in [4.78, 5) is 9.90. The van der Waals surface area contributed by atoms with Crippen LogP contribution in [0.5, 0.6) is 0 Å². The predicted molar refractivity (Wildman–Crippen MR) is 20.6 cm³/mol. The summed E-state index contributed by atoms with van der Waals surface area (Å²) in [6.07, 6.45) is 0. The average Bonchev–Trinajstić information content (AvgIpc) is 1.86. The third-order valence-corrected chi connectivity index (χ3v) is 0.415. The van der Waals surface area contributed by atoms with Crippen LogP contribution in [0.3, 0.4) is 0 Å². The molecule has 0 radical (unpaired) electrons. The first-order valence-corrected chi connectivity index (χ1v) is 1.45. The van der Waals surface area contributed by atoms with E-state index in [-0.39, 0.29) is 5.78 Å². The van der Waals surface area contributed by atoms with Gasteiger partial charge in [-0.3, -0.25) is 4.79 Å². The second-order valence-electron chi connectivity index (χ2n) is 0.829. The Morgan fingerprint density at radius 3 is 1.83 bits per heavy atom. The van der Waals surface area contributed by atoms with Crippen molar-refractivity contribution in [1.29, 1.82) is 0 Å². The van der Waals surface area contributed by atoms with E-state index in [2.05, 4.69) is 23.7 Å². The van der Waals surface area contributed by atoms with Crippen LogP contribution in [0, 0.1) is 23.7 Å². The molecule has 26 valence electrons. The van der Waals surface area contributed by atoms with Crippen LogP contribution < -0.4 is 0 Å². The molecule has 1 rings (SSSR count). The van der Waals surface area contributed by atoms with E-state index in [0.717, 1.165) is 0 Å². The van der Waals surface area contributed by atoms with Gasteiger partial charge in [-0.1, -0.05) is 0 Å². The van der Waals surface area contributed by atoms with E-state index >= 15 is 0 Å². The summed E-state index contributed by atoms with van der Waals surface area (Å²) in [5.74, 6) is 8.77. The summed E-state index contributed by atoms with van der Waals surface area (Å²) in [5.41, 5.74) is 0. The van der Waals surface area contributed by atoms with Gasteiger partial charge in [0.1, 0.15) is 0 Å². The van der Waals surface area contributed by atoms with Crippen molar-refractivity contribution in [1.82, 2.24) is 0 Å². The van der Waals surface area contributed by atoms with Crippen LogP contribution in [0.25, 0.3) is 0 Å². The van der Waals surface area contributed by atoms with Gasteiger partial charge in [0.15, 0.2) is 0 Å². The molecule has 0 heterocycles. The van der Waals surface area contributed by atoms with Crippen molar-refractivity contribution < 1.29 is 4.79 Å². The van der Waals surface area contributed by atoms with Crippen LogP contribution in [0.2, 0.25) is 0 Å². The summed E-state index contributed by atoms with van der Waals surface area (Å²) in [6.45, 7) is 0. The zero-order valence-corrected chi connectivity index (χ0v) is 2.91. The minimum atomic E-state index is -0.269. The smallest absolute Gasteiger partial charge is 0.270 e. The van der Waals surface area contributed by atoms with Crippen LogP contribution in [0.4, 0.5) is 0 Å². The fourth-order valence-electron chi connectivity index (χ4n) is 0.207. The van der Waals surface area contributed by atoms with Crippen molar-refractivity contribution in [2.45, 2.75) is 0 Å². The first-order chi connectivity index (χ1) is 2.89. The molecule has 0 fully saturated rings. The SMILES string of the molecule is O=C1C#CC#C1. The Morgan fingerprint density at radius 2 is 1.67 bits per heavy atom. The van der Waals surface area contributed by atoms with Crippen LogP contribution in [0.15, 0.2) is 0 Å². The number of carbonyl (C=O) groups excluding carboxylic acids is 1. The zero-order valence-electron chi connectivity index (χ0n) is 2.91. The molecule has 1 aliphatic carbocycles. The monoisotopic (exact) mass is 76.0 g/mol. The normalized spacial score (nSPS) is 11.7. The third kappa shape index (κ3) is 0.267. The second kappa shape index (κ2) is 0.880. The highest BCUT2D eigenvalue weighted by atomic mass is 16.1. The molecule has 0 aromatic rings. The fourth-order valence-corrected chi connectivity index (χ4v) is 0.207. The summed E-state index contributed by atoms with van der Waals surface area (Å²) in [7, 11) is 0. The Balaban J connectivity index is 3.13. The Morgan fingerprint density at radius 1 is 1.17 bits per heavy atom. The maximum absolute atomic E-state index is 9.90. The number of hydrogen-bond acceptors (Lipinski definition) is 1. The first kappa shape index (κ1) is 3.00. The summed E-state index contributed by atoms with van der Waals surface area (Å²) < 4.78 is 0. The molecule has 1 aliphatic rings. The van der Waals surface area contributed by atoms with Gasteiger partial charge in [0.25, 0.3) is 5.78 Å². The van der Waals surface area contributed by atoms with E-state index in [1.165, 1.54) is 0 Å². The summed E-state index contributed by atoms with van der Waals surface area (Å²) in [5, 5.41) is 0. The van der Waals surface area contributed by atoms with E-state index in [9.17, 15) is 4.79 Å². The molecule has 0 aliphatic heterocycles. The van der Waals surface area contributed by atoms with Crippen molar-refractivity contribution in [2.24, 2.45) is 0 Å². The minimum Gasteiger partial charge on any atom is -0.270 e. The Bertz CT molecular complexity index is 169. The highest BCUT2D eigenvalue weighted by Gasteiger charge is 1.87. The molecule has 0 atom stereocenters. The van der Waals surface area contributed by atoms with Crippen LogP contribution >= 0.6 is 0 Å².